The van der Waals surface area contributed by atoms with Gasteiger partial charge in [-0.25, -0.2) is 9.97 Å². The predicted octanol–water partition coefficient (Wildman–Crippen LogP) is 3.71. The molecule has 2 aromatic carbocycles. The van der Waals surface area contributed by atoms with Gasteiger partial charge in [-0.2, -0.15) is 0 Å². The number of benzene rings is 2. The van der Waals surface area contributed by atoms with Gasteiger partial charge in [0.2, 0.25) is 0 Å². The van der Waals surface area contributed by atoms with E-state index < -0.39 is 0 Å². The molecule has 0 fully saturated rings. The molecule has 7 heteroatoms. The molecule has 0 aliphatic rings. The summed E-state index contributed by atoms with van der Waals surface area (Å²) < 4.78 is 0. The van der Waals surface area contributed by atoms with Gasteiger partial charge < -0.3 is 16.4 Å². The zero-order valence-electron chi connectivity index (χ0n) is 12.5. The lowest BCUT2D eigenvalue weighted by atomic mass is 10.1. The molecule has 1 aromatic heterocycles. The van der Waals surface area contributed by atoms with Crippen LogP contribution in [0.5, 0.6) is 0 Å². The molecule has 0 bridgehead atoms. The standard InChI is InChI=1S/C17H14ClN5O/c18-15-9-16(21-10-20-15)22-11-5-7-12(8-6-11)23-17(24)13-3-1-2-4-14(13)19/h1-10H,19H2,(H,23,24)(H,20,21,22). The van der Waals surface area contributed by atoms with E-state index in [1.165, 1.54) is 6.33 Å². The fraction of sp³-hybridized carbons (Fsp3) is 0. The molecule has 0 aliphatic heterocycles. The second kappa shape index (κ2) is 6.97. The molecule has 1 amide bonds. The summed E-state index contributed by atoms with van der Waals surface area (Å²) in [6, 6.07) is 15.7. The molecule has 0 saturated carbocycles. The number of hydrogen-bond donors (Lipinski definition) is 3. The number of para-hydroxylation sites is 1. The Balaban J connectivity index is 1.68. The van der Waals surface area contributed by atoms with E-state index in [0.29, 0.717) is 27.9 Å². The lowest BCUT2D eigenvalue weighted by Crippen LogP contribution is -2.13. The van der Waals surface area contributed by atoms with Gasteiger partial charge in [0.25, 0.3) is 5.91 Å². The van der Waals surface area contributed by atoms with E-state index in [2.05, 4.69) is 20.6 Å². The quantitative estimate of drug-likeness (QED) is 0.497. The Morgan fingerprint density at radius 2 is 1.71 bits per heavy atom. The number of hydrogen-bond acceptors (Lipinski definition) is 5. The molecule has 6 nitrogen and oxygen atoms in total. The normalized spacial score (nSPS) is 10.2. The molecule has 0 saturated heterocycles. The second-order valence-electron chi connectivity index (χ2n) is 4.97. The molecule has 0 aliphatic carbocycles. The van der Waals surface area contributed by atoms with E-state index >= 15 is 0 Å². The number of nitrogen functional groups attached to an aromatic ring is 1. The van der Waals surface area contributed by atoms with Gasteiger partial charge in [0, 0.05) is 23.1 Å². The van der Waals surface area contributed by atoms with E-state index in [-0.39, 0.29) is 5.91 Å². The van der Waals surface area contributed by atoms with Crippen molar-refractivity contribution in [2.45, 2.75) is 0 Å². The molecule has 0 radical (unpaired) electrons. The van der Waals surface area contributed by atoms with E-state index in [4.69, 9.17) is 17.3 Å². The van der Waals surface area contributed by atoms with Crippen LogP contribution in [0.3, 0.4) is 0 Å². The van der Waals surface area contributed by atoms with Crippen LogP contribution < -0.4 is 16.4 Å². The molecule has 0 unspecified atom stereocenters. The average Bonchev–Trinajstić information content (AvgIpc) is 2.57. The Bertz CT molecular complexity index is 867. The summed E-state index contributed by atoms with van der Waals surface area (Å²) in [5.41, 5.74) is 8.15. The van der Waals surface area contributed by atoms with Crippen LogP contribution in [-0.2, 0) is 0 Å². The molecule has 24 heavy (non-hydrogen) atoms. The Morgan fingerprint density at radius 3 is 2.42 bits per heavy atom. The minimum absolute atomic E-state index is 0.253. The molecular formula is C17H14ClN5O. The van der Waals surface area contributed by atoms with Crippen molar-refractivity contribution in [1.29, 1.82) is 0 Å². The highest BCUT2D eigenvalue weighted by Crippen LogP contribution is 2.20. The monoisotopic (exact) mass is 339 g/mol. The molecule has 3 aromatic rings. The van der Waals surface area contributed by atoms with Crippen LogP contribution in [0.25, 0.3) is 0 Å². The van der Waals surface area contributed by atoms with Gasteiger partial charge in [-0.3, -0.25) is 4.79 Å². The van der Waals surface area contributed by atoms with Gasteiger partial charge >= 0.3 is 0 Å². The van der Waals surface area contributed by atoms with Crippen LogP contribution in [0, 0.1) is 0 Å². The molecule has 0 spiro atoms. The summed E-state index contributed by atoms with van der Waals surface area (Å²) >= 11 is 5.82. The third-order valence-corrected chi connectivity index (χ3v) is 3.46. The zero-order valence-corrected chi connectivity index (χ0v) is 13.3. The van der Waals surface area contributed by atoms with Crippen molar-refractivity contribution >= 4 is 40.4 Å². The van der Waals surface area contributed by atoms with Gasteiger partial charge in [0.05, 0.1) is 5.56 Å². The molecule has 120 valence electrons. The number of carbonyl (C=O) groups excluding carboxylic acids is 1. The number of carbonyl (C=O) groups is 1. The van der Waals surface area contributed by atoms with Gasteiger partial charge in [0.1, 0.15) is 17.3 Å². The average molecular weight is 340 g/mol. The largest absolute Gasteiger partial charge is 0.398 e. The lowest BCUT2D eigenvalue weighted by molar-refractivity contribution is 0.102. The molecule has 3 rings (SSSR count). The van der Waals surface area contributed by atoms with Gasteiger partial charge in [-0.15, -0.1) is 0 Å². The molecular weight excluding hydrogens is 326 g/mol. The number of nitrogens with one attached hydrogen (secondary N) is 2. The Morgan fingerprint density at radius 1 is 1.00 bits per heavy atom. The van der Waals surface area contributed by atoms with Gasteiger partial charge in [-0.1, -0.05) is 23.7 Å². The molecule has 0 atom stereocenters. The highest BCUT2D eigenvalue weighted by atomic mass is 35.5. The smallest absolute Gasteiger partial charge is 0.257 e. The summed E-state index contributed by atoms with van der Waals surface area (Å²) in [5, 5.41) is 6.26. The maximum atomic E-state index is 12.2. The van der Waals surface area contributed by atoms with E-state index in [1.807, 2.05) is 12.1 Å². The number of aromatic nitrogens is 2. The highest BCUT2D eigenvalue weighted by Gasteiger charge is 2.09. The topological polar surface area (TPSA) is 92.9 Å². The number of amides is 1. The maximum absolute atomic E-state index is 12.2. The number of halogens is 1. The molecule has 4 N–H and O–H groups in total. The second-order valence-corrected chi connectivity index (χ2v) is 5.36. The minimum Gasteiger partial charge on any atom is -0.398 e. The van der Waals surface area contributed by atoms with Crippen LogP contribution in [0.4, 0.5) is 22.9 Å². The Hall–Kier alpha value is -3.12. The van der Waals surface area contributed by atoms with E-state index in [9.17, 15) is 4.79 Å². The van der Waals surface area contributed by atoms with Crippen molar-refractivity contribution in [2.24, 2.45) is 0 Å². The predicted molar refractivity (Wildman–Crippen MR) is 95.6 cm³/mol. The van der Waals surface area contributed by atoms with Crippen LogP contribution in [0.2, 0.25) is 5.15 Å². The van der Waals surface area contributed by atoms with E-state index in [0.717, 1.165) is 5.69 Å². The zero-order chi connectivity index (χ0) is 16.9. The summed E-state index contributed by atoms with van der Waals surface area (Å²) in [6.07, 6.45) is 1.38. The first-order valence-corrected chi connectivity index (χ1v) is 7.50. The first-order valence-electron chi connectivity index (χ1n) is 7.12. The Labute approximate surface area is 143 Å². The van der Waals surface area contributed by atoms with Crippen LogP contribution in [0.1, 0.15) is 10.4 Å². The number of rotatable bonds is 4. The highest BCUT2D eigenvalue weighted by molar-refractivity contribution is 6.29. The van der Waals surface area contributed by atoms with Crippen LogP contribution >= 0.6 is 11.6 Å². The third-order valence-electron chi connectivity index (χ3n) is 3.25. The first-order chi connectivity index (χ1) is 11.6. The van der Waals surface area contributed by atoms with Crippen molar-refractivity contribution in [3.05, 3.63) is 71.6 Å². The first kappa shape index (κ1) is 15.8. The van der Waals surface area contributed by atoms with Crippen molar-refractivity contribution in [3.63, 3.8) is 0 Å². The van der Waals surface area contributed by atoms with Crippen molar-refractivity contribution in [1.82, 2.24) is 9.97 Å². The van der Waals surface area contributed by atoms with Crippen LogP contribution in [0.15, 0.2) is 60.9 Å². The lowest BCUT2D eigenvalue weighted by Gasteiger charge is -2.09. The summed E-state index contributed by atoms with van der Waals surface area (Å²) in [6.45, 7) is 0. The summed E-state index contributed by atoms with van der Waals surface area (Å²) in [7, 11) is 0. The van der Waals surface area contributed by atoms with Gasteiger partial charge in [-0.05, 0) is 36.4 Å². The summed E-state index contributed by atoms with van der Waals surface area (Å²) in [5.74, 6) is 0.334. The Kier molecular flexibility index (Phi) is 4.58. The van der Waals surface area contributed by atoms with Crippen LogP contribution in [-0.4, -0.2) is 15.9 Å². The minimum atomic E-state index is -0.253. The van der Waals surface area contributed by atoms with Gasteiger partial charge in [0.15, 0.2) is 0 Å². The van der Waals surface area contributed by atoms with Crippen molar-refractivity contribution in [2.75, 3.05) is 16.4 Å². The molecule has 1 heterocycles. The fourth-order valence-corrected chi connectivity index (χ4v) is 2.24. The summed E-state index contributed by atoms with van der Waals surface area (Å²) in [4.78, 5) is 20.1. The van der Waals surface area contributed by atoms with Crippen molar-refractivity contribution < 1.29 is 4.79 Å². The SMILES string of the molecule is Nc1ccccc1C(=O)Nc1ccc(Nc2cc(Cl)ncn2)cc1. The van der Waals surface area contributed by atoms with E-state index in [1.54, 1.807) is 42.5 Å². The number of nitrogens with zero attached hydrogens (tertiary/aromatic N) is 2. The third kappa shape index (κ3) is 3.80. The number of anilines is 4. The fourth-order valence-electron chi connectivity index (χ4n) is 2.09. The number of nitrogens with two attached hydrogens (primary N) is 1. The maximum Gasteiger partial charge on any atom is 0.257 e. The van der Waals surface area contributed by atoms with Crippen molar-refractivity contribution in [3.8, 4) is 0 Å².